The molecule has 1 aliphatic carbocycles. The van der Waals surface area contributed by atoms with Crippen molar-refractivity contribution < 1.29 is 14.3 Å². The van der Waals surface area contributed by atoms with Crippen molar-refractivity contribution in [3.63, 3.8) is 0 Å². The van der Waals surface area contributed by atoms with E-state index in [9.17, 15) is 9.59 Å². The second kappa shape index (κ2) is 7.42. The maximum atomic E-state index is 13.9. The highest BCUT2D eigenvalue weighted by molar-refractivity contribution is 5.94. The number of Topliss-reactive ketones (excluding diaryl/α,β-unsaturated/α-hetero) is 1. The van der Waals surface area contributed by atoms with Crippen LogP contribution >= 0.6 is 0 Å². The molecule has 4 heteroatoms. The lowest BCUT2D eigenvalue weighted by Gasteiger charge is -2.52. The van der Waals surface area contributed by atoms with E-state index in [2.05, 4.69) is 12.1 Å². The summed E-state index contributed by atoms with van der Waals surface area (Å²) in [7, 11) is 1.65. The molecule has 1 heterocycles. The summed E-state index contributed by atoms with van der Waals surface area (Å²) in [5, 5.41) is 0. The first kappa shape index (κ1) is 18.7. The molecule has 28 heavy (non-hydrogen) atoms. The Labute approximate surface area is 166 Å². The third-order valence-electron chi connectivity index (χ3n) is 6.71. The number of benzene rings is 2. The van der Waals surface area contributed by atoms with Gasteiger partial charge in [-0.25, -0.2) is 0 Å². The Morgan fingerprint density at radius 2 is 1.79 bits per heavy atom. The zero-order valence-electron chi connectivity index (χ0n) is 16.6. The number of carbonyl (C=O) groups is 2. The summed E-state index contributed by atoms with van der Waals surface area (Å²) in [6.07, 6.45) is 1.96. The van der Waals surface area contributed by atoms with Crippen LogP contribution in [0.4, 0.5) is 0 Å². The zero-order valence-corrected chi connectivity index (χ0v) is 16.6. The molecule has 0 bridgehead atoms. The minimum Gasteiger partial charge on any atom is -0.497 e. The van der Waals surface area contributed by atoms with Crippen LogP contribution in [-0.2, 0) is 21.5 Å². The minimum absolute atomic E-state index is 0.0685. The van der Waals surface area contributed by atoms with Gasteiger partial charge in [0.2, 0.25) is 5.91 Å². The highest BCUT2D eigenvalue weighted by atomic mass is 16.5. The number of hydrogen-bond acceptors (Lipinski definition) is 3. The number of amides is 1. The lowest BCUT2D eigenvalue weighted by atomic mass is 9.55. The van der Waals surface area contributed by atoms with Crippen LogP contribution in [0.25, 0.3) is 0 Å². The Balaban J connectivity index is 1.68. The fourth-order valence-electron chi connectivity index (χ4n) is 5.14. The van der Waals surface area contributed by atoms with Crippen LogP contribution in [0, 0.1) is 11.8 Å². The maximum Gasteiger partial charge on any atom is 0.233 e. The zero-order chi connectivity index (χ0) is 19.7. The third-order valence-corrected chi connectivity index (χ3v) is 6.71. The van der Waals surface area contributed by atoms with Crippen LogP contribution in [0.3, 0.4) is 0 Å². The molecular formula is C24H27NO3. The number of likely N-dealkylation sites (tertiary alicyclic amines) is 1. The first-order chi connectivity index (χ1) is 13.6. The van der Waals surface area contributed by atoms with E-state index in [1.165, 1.54) is 0 Å². The molecule has 1 saturated heterocycles. The fraction of sp³-hybridized carbons (Fsp3) is 0.417. The molecule has 0 N–H and O–H groups in total. The smallest absolute Gasteiger partial charge is 0.233 e. The van der Waals surface area contributed by atoms with E-state index in [0.717, 1.165) is 23.3 Å². The summed E-state index contributed by atoms with van der Waals surface area (Å²) in [6, 6.07) is 18.0. The van der Waals surface area contributed by atoms with Crippen molar-refractivity contribution >= 4 is 11.7 Å². The van der Waals surface area contributed by atoms with Gasteiger partial charge < -0.3 is 9.64 Å². The molecule has 1 amide bonds. The molecule has 2 aromatic carbocycles. The van der Waals surface area contributed by atoms with Gasteiger partial charge in [0.05, 0.1) is 12.5 Å². The quantitative estimate of drug-likeness (QED) is 0.810. The highest BCUT2D eigenvalue weighted by Gasteiger charge is 2.56. The Morgan fingerprint density at radius 3 is 2.46 bits per heavy atom. The molecule has 2 aliphatic rings. The summed E-state index contributed by atoms with van der Waals surface area (Å²) < 4.78 is 5.23. The highest BCUT2D eigenvalue weighted by Crippen LogP contribution is 2.50. The molecule has 2 fully saturated rings. The maximum absolute atomic E-state index is 13.9. The molecule has 1 saturated carbocycles. The van der Waals surface area contributed by atoms with Gasteiger partial charge in [-0.3, -0.25) is 9.59 Å². The van der Waals surface area contributed by atoms with Gasteiger partial charge in [-0.2, -0.15) is 0 Å². The van der Waals surface area contributed by atoms with Crippen molar-refractivity contribution in [1.82, 2.24) is 4.90 Å². The second-order valence-corrected chi connectivity index (χ2v) is 8.06. The van der Waals surface area contributed by atoms with Gasteiger partial charge in [0, 0.05) is 25.4 Å². The molecule has 4 rings (SSSR count). The second-order valence-electron chi connectivity index (χ2n) is 8.06. The Bertz CT molecular complexity index is 861. The minimum atomic E-state index is -0.584. The van der Waals surface area contributed by atoms with Crippen LogP contribution in [0.1, 0.15) is 37.3 Å². The number of fused-ring (bicyclic) bond motifs is 1. The molecule has 146 valence electrons. The average molecular weight is 377 g/mol. The SMILES string of the molecule is COc1ccc(CN2CC[C@H]3[C@H](C)C(=O)CC[C@]3(c3ccccc3)C2=O)cc1. The molecule has 3 atom stereocenters. The Kier molecular flexibility index (Phi) is 4.96. The summed E-state index contributed by atoms with van der Waals surface area (Å²) >= 11 is 0. The van der Waals surface area contributed by atoms with Gasteiger partial charge in [0.1, 0.15) is 11.5 Å². The predicted molar refractivity (Wildman–Crippen MR) is 108 cm³/mol. The monoisotopic (exact) mass is 377 g/mol. The number of piperidine rings is 1. The van der Waals surface area contributed by atoms with E-state index < -0.39 is 5.41 Å². The number of methoxy groups -OCH3 is 1. The number of rotatable bonds is 4. The number of carbonyl (C=O) groups excluding carboxylic acids is 2. The van der Waals surface area contributed by atoms with Crippen LogP contribution < -0.4 is 4.74 Å². The van der Waals surface area contributed by atoms with Crippen molar-refractivity contribution in [2.75, 3.05) is 13.7 Å². The van der Waals surface area contributed by atoms with E-state index in [-0.39, 0.29) is 17.7 Å². The number of nitrogens with zero attached hydrogens (tertiary/aromatic N) is 1. The molecule has 1 aliphatic heterocycles. The predicted octanol–water partition coefficient (Wildman–Crippen LogP) is 3.98. The molecular weight excluding hydrogens is 350 g/mol. The van der Waals surface area contributed by atoms with Crippen molar-refractivity contribution in [2.24, 2.45) is 11.8 Å². The number of ketones is 1. The fourth-order valence-corrected chi connectivity index (χ4v) is 5.14. The van der Waals surface area contributed by atoms with Gasteiger partial charge in [-0.1, -0.05) is 49.4 Å². The van der Waals surface area contributed by atoms with Crippen molar-refractivity contribution in [3.05, 3.63) is 65.7 Å². The Morgan fingerprint density at radius 1 is 1.07 bits per heavy atom. The lowest BCUT2D eigenvalue weighted by molar-refractivity contribution is -0.152. The van der Waals surface area contributed by atoms with E-state index in [0.29, 0.717) is 31.7 Å². The third kappa shape index (κ3) is 3.01. The van der Waals surface area contributed by atoms with Crippen LogP contribution in [0.2, 0.25) is 0 Å². The van der Waals surface area contributed by atoms with Crippen LogP contribution in [0.5, 0.6) is 5.75 Å². The molecule has 4 nitrogen and oxygen atoms in total. The summed E-state index contributed by atoms with van der Waals surface area (Å²) in [6.45, 7) is 3.30. The molecule has 0 unspecified atom stereocenters. The lowest BCUT2D eigenvalue weighted by Crippen LogP contribution is -2.60. The number of hydrogen-bond donors (Lipinski definition) is 0. The van der Waals surface area contributed by atoms with E-state index in [1.807, 2.05) is 54.3 Å². The van der Waals surface area contributed by atoms with E-state index in [1.54, 1.807) is 7.11 Å². The average Bonchev–Trinajstić information content (AvgIpc) is 2.74. The summed E-state index contributed by atoms with van der Waals surface area (Å²) in [5.41, 5.74) is 1.57. The molecule has 0 spiro atoms. The topological polar surface area (TPSA) is 46.6 Å². The van der Waals surface area contributed by atoms with Gasteiger partial charge in [-0.15, -0.1) is 0 Å². The number of ether oxygens (including phenoxy) is 1. The van der Waals surface area contributed by atoms with Gasteiger partial charge >= 0.3 is 0 Å². The normalized spacial score (nSPS) is 27.4. The van der Waals surface area contributed by atoms with Crippen molar-refractivity contribution in [1.29, 1.82) is 0 Å². The van der Waals surface area contributed by atoms with Crippen molar-refractivity contribution in [3.8, 4) is 5.75 Å². The van der Waals surface area contributed by atoms with Crippen LogP contribution in [0.15, 0.2) is 54.6 Å². The first-order valence-corrected chi connectivity index (χ1v) is 10.1. The molecule has 2 aromatic rings. The standard InChI is InChI=1S/C24H27NO3/c1-17-21-13-15-25(16-18-8-10-20(28-2)11-9-18)23(27)24(21,14-12-22(17)26)19-6-4-3-5-7-19/h3-11,17,21H,12-16H2,1-2H3/t17-,21-,24+/m0/s1. The largest absolute Gasteiger partial charge is 0.497 e. The van der Waals surface area contributed by atoms with E-state index in [4.69, 9.17) is 4.74 Å². The van der Waals surface area contributed by atoms with Gasteiger partial charge in [-0.05, 0) is 42.0 Å². The first-order valence-electron chi connectivity index (χ1n) is 10.1. The van der Waals surface area contributed by atoms with Crippen LogP contribution in [-0.4, -0.2) is 30.2 Å². The van der Waals surface area contributed by atoms with Crippen molar-refractivity contribution in [2.45, 2.75) is 38.1 Å². The van der Waals surface area contributed by atoms with Gasteiger partial charge in [0.25, 0.3) is 0 Å². The summed E-state index contributed by atoms with van der Waals surface area (Å²) in [5.74, 6) is 1.30. The van der Waals surface area contributed by atoms with Gasteiger partial charge in [0.15, 0.2) is 0 Å². The Hall–Kier alpha value is -2.62. The molecule has 0 aromatic heterocycles. The molecule has 0 radical (unpaired) electrons. The summed E-state index contributed by atoms with van der Waals surface area (Å²) in [4.78, 5) is 28.3. The van der Waals surface area contributed by atoms with E-state index >= 15 is 0 Å².